The maximum Gasteiger partial charge on any atom is 0.107 e. The van der Waals surface area contributed by atoms with Crippen molar-refractivity contribution in [3.8, 4) is 0 Å². The highest BCUT2D eigenvalue weighted by Gasteiger charge is 2.01. The van der Waals surface area contributed by atoms with Crippen LogP contribution in [0.3, 0.4) is 0 Å². The average molecular weight is 317 g/mol. The van der Waals surface area contributed by atoms with E-state index in [2.05, 4.69) is 45.3 Å². The Hall–Kier alpha value is -0.230. The molecule has 0 bridgehead atoms. The Balaban J connectivity index is 1.79. The van der Waals surface area contributed by atoms with E-state index >= 15 is 0 Å². The molecule has 0 aliphatic carbocycles. The summed E-state index contributed by atoms with van der Waals surface area (Å²) >= 11 is 7.03. The molecule has 0 amide bonds. The van der Waals surface area contributed by atoms with Crippen molar-refractivity contribution < 1.29 is 0 Å². The second-order valence-electron chi connectivity index (χ2n) is 3.38. The van der Waals surface area contributed by atoms with Gasteiger partial charge in [-0.3, -0.25) is 0 Å². The molecule has 0 radical (unpaired) electrons. The van der Waals surface area contributed by atoms with Crippen molar-refractivity contribution >= 4 is 38.6 Å². The number of hydrogen-bond donors (Lipinski definition) is 1. The summed E-state index contributed by atoms with van der Waals surface area (Å²) in [4.78, 5) is 7.08. The van der Waals surface area contributed by atoms with E-state index in [1.54, 1.807) is 22.7 Å². The lowest BCUT2D eigenvalue weighted by molar-refractivity contribution is 0.697. The Labute approximate surface area is 112 Å². The van der Waals surface area contributed by atoms with Crippen molar-refractivity contribution in [3.05, 3.63) is 36.9 Å². The average Bonchev–Trinajstić information content (AvgIpc) is 2.88. The van der Waals surface area contributed by atoms with Crippen LogP contribution in [0, 0.1) is 0 Å². The van der Waals surface area contributed by atoms with Gasteiger partial charge in [-0.05, 0) is 34.5 Å². The highest BCUT2D eigenvalue weighted by Crippen LogP contribution is 2.22. The van der Waals surface area contributed by atoms with Crippen molar-refractivity contribution in [2.75, 3.05) is 0 Å². The van der Waals surface area contributed by atoms with Crippen LogP contribution in [0.2, 0.25) is 0 Å². The van der Waals surface area contributed by atoms with Gasteiger partial charge in [0, 0.05) is 29.0 Å². The molecule has 16 heavy (non-hydrogen) atoms. The van der Waals surface area contributed by atoms with Gasteiger partial charge in [0.2, 0.25) is 0 Å². The highest BCUT2D eigenvalue weighted by molar-refractivity contribution is 9.11. The van der Waals surface area contributed by atoms with Crippen molar-refractivity contribution in [1.29, 1.82) is 0 Å². The van der Waals surface area contributed by atoms with E-state index in [-0.39, 0.29) is 0 Å². The fraction of sp³-hybridized carbons (Fsp3) is 0.364. The van der Waals surface area contributed by atoms with Crippen molar-refractivity contribution in [1.82, 2.24) is 10.3 Å². The fourth-order valence-electron chi connectivity index (χ4n) is 1.33. The molecule has 0 aromatic carbocycles. The van der Waals surface area contributed by atoms with Gasteiger partial charge in [0.1, 0.15) is 5.01 Å². The maximum atomic E-state index is 4.37. The third-order valence-corrected chi connectivity index (χ3v) is 4.92. The number of aryl methyl sites for hydroxylation is 1. The molecule has 2 aromatic rings. The normalized spacial score (nSPS) is 10.9. The molecule has 0 unspecified atom stereocenters. The van der Waals surface area contributed by atoms with Gasteiger partial charge in [0.15, 0.2) is 0 Å². The molecule has 0 fully saturated rings. The number of nitrogens with one attached hydrogen (secondary N) is 1. The van der Waals surface area contributed by atoms with Gasteiger partial charge in [0.05, 0.1) is 3.79 Å². The summed E-state index contributed by atoms with van der Waals surface area (Å²) in [6.45, 7) is 3.94. The summed E-state index contributed by atoms with van der Waals surface area (Å²) in [5, 5.41) is 4.58. The second kappa shape index (κ2) is 5.91. The molecular weight excluding hydrogens is 304 g/mol. The summed E-state index contributed by atoms with van der Waals surface area (Å²) in [5.74, 6) is 0. The molecule has 2 heterocycles. The first kappa shape index (κ1) is 12.2. The number of hydrogen-bond acceptors (Lipinski definition) is 4. The SMILES string of the molecule is CCc1cnc(CNCc2ccc(Br)s2)s1. The Morgan fingerprint density at radius 2 is 2.12 bits per heavy atom. The molecule has 0 aliphatic heterocycles. The monoisotopic (exact) mass is 316 g/mol. The van der Waals surface area contributed by atoms with Crippen LogP contribution in [-0.4, -0.2) is 4.98 Å². The smallest absolute Gasteiger partial charge is 0.107 e. The van der Waals surface area contributed by atoms with E-state index in [4.69, 9.17) is 0 Å². The number of halogens is 1. The van der Waals surface area contributed by atoms with Crippen LogP contribution >= 0.6 is 38.6 Å². The van der Waals surface area contributed by atoms with Crippen molar-refractivity contribution in [3.63, 3.8) is 0 Å². The van der Waals surface area contributed by atoms with Crippen molar-refractivity contribution in [2.45, 2.75) is 26.4 Å². The first-order valence-corrected chi connectivity index (χ1v) is 7.59. The molecule has 0 saturated carbocycles. The predicted octanol–water partition coefficient (Wildman–Crippen LogP) is 3.82. The van der Waals surface area contributed by atoms with Crippen LogP contribution in [0.1, 0.15) is 21.7 Å². The van der Waals surface area contributed by atoms with Gasteiger partial charge < -0.3 is 5.32 Å². The van der Waals surface area contributed by atoms with Gasteiger partial charge in [0.25, 0.3) is 0 Å². The highest BCUT2D eigenvalue weighted by atomic mass is 79.9. The lowest BCUT2D eigenvalue weighted by Crippen LogP contribution is -2.11. The predicted molar refractivity (Wildman–Crippen MR) is 74.1 cm³/mol. The van der Waals surface area contributed by atoms with Crippen molar-refractivity contribution in [2.24, 2.45) is 0 Å². The first-order valence-electron chi connectivity index (χ1n) is 5.16. The zero-order chi connectivity index (χ0) is 11.4. The zero-order valence-electron chi connectivity index (χ0n) is 9.00. The minimum absolute atomic E-state index is 0.861. The van der Waals surface area contributed by atoms with E-state index in [0.29, 0.717) is 0 Å². The largest absolute Gasteiger partial charge is 0.306 e. The van der Waals surface area contributed by atoms with Gasteiger partial charge in [-0.1, -0.05) is 6.92 Å². The summed E-state index contributed by atoms with van der Waals surface area (Å²) in [7, 11) is 0. The van der Waals surface area contributed by atoms with E-state index in [9.17, 15) is 0 Å². The molecule has 2 aromatic heterocycles. The first-order chi connectivity index (χ1) is 7.78. The van der Waals surface area contributed by atoms with Crippen LogP contribution in [0.5, 0.6) is 0 Å². The van der Waals surface area contributed by atoms with E-state index in [0.717, 1.165) is 19.5 Å². The summed E-state index contributed by atoms with van der Waals surface area (Å²) in [6, 6.07) is 4.22. The molecule has 5 heteroatoms. The number of rotatable bonds is 5. The molecule has 0 spiro atoms. The lowest BCUT2D eigenvalue weighted by Gasteiger charge is -1.98. The third-order valence-electron chi connectivity index (χ3n) is 2.15. The number of aromatic nitrogens is 1. The van der Waals surface area contributed by atoms with Crippen LogP contribution in [0.4, 0.5) is 0 Å². The van der Waals surface area contributed by atoms with E-state index in [1.807, 2.05) is 6.20 Å². The molecule has 0 saturated heterocycles. The zero-order valence-corrected chi connectivity index (χ0v) is 12.2. The minimum atomic E-state index is 0.861. The summed E-state index contributed by atoms with van der Waals surface area (Å²) in [6.07, 6.45) is 3.05. The molecule has 86 valence electrons. The fourth-order valence-corrected chi connectivity index (χ4v) is 3.62. The second-order valence-corrected chi connectivity index (χ2v) is 7.13. The van der Waals surface area contributed by atoms with E-state index in [1.165, 1.54) is 18.5 Å². The van der Waals surface area contributed by atoms with Crippen LogP contribution in [0.25, 0.3) is 0 Å². The van der Waals surface area contributed by atoms with Crippen LogP contribution in [0.15, 0.2) is 22.1 Å². The Morgan fingerprint density at radius 3 is 2.75 bits per heavy atom. The molecular formula is C11H13BrN2S2. The molecule has 2 rings (SSSR count). The Bertz CT molecular complexity index is 450. The van der Waals surface area contributed by atoms with Crippen LogP contribution < -0.4 is 5.32 Å². The number of thiazole rings is 1. The standard InChI is InChI=1S/C11H13BrN2S2/c1-2-8-6-14-11(16-8)7-13-5-9-3-4-10(12)15-9/h3-4,6,13H,2,5,7H2,1H3. The van der Waals surface area contributed by atoms with Crippen LogP contribution in [-0.2, 0) is 19.5 Å². The van der Waals surface area contributed by atoms with Gasteiger partial charge in [-0.25, -0.2) is 4.98 Å². The molecule has 0 atom stereocenters. The third kappa shape index (κ3) is 3.38. The molecule has 1 N–H and O–H groups in total. The maximum absolute atomic E-state index is 4.37. The molecule has 0 aliphatic rings. The Morgan fingerprint density at radius 1 is 1.25 bits per heavy atom. The summed E-state index contributed by atoms with van der Waals surface area (Å²) < 4.78 is 1.19. The summed E-state index contributed by atoms with van der Waals surface area (Å²) in [5.41, 5.74) is 0. The molecule has 2 nitrogen and oxygen atoms in total. The van der Waals surface area contributed by atoms with Gasteiger partial charge in [-0.15, -0.1) is 22.7 Å². The minimum Gasteiger partial charge on any atom is -0.306 e. The number of thiophene rings is 1. The van der Waals surface area contributed by atoms with E-state index < -0.39 is 0 Å². The Kier molecular flexibility index (Phi) is 4.52. The number of nitrogens with zero attached hydrogens (tertiary/aromatic N) is 1. The quantitative estimate of drug-likeness (QED) is 0.907. The topological polar surface area (TPSA) is 24.9 Å². The van der Waals surface area contributed by atoms with Gasteiger partial charge >= 0.3 is 0 Å². The van der Waals surface area contributed by atoms with Gasteiger partial charge in [-0.2, -0.15) is 0 Å². The lowest BCUT2D eigenvalue weighted by atomic mass is 10.4.